The molecule has 2 rings (SSSR count). The van der Waals surface area contributed by atoms with E-state index in [2.05, 4.69) is 4.90 Å². The number of halogens is 1. The highest BCUT2D eigenvalue weighted by Crippen LogP contribution is 2.14. The van der Waals surface area contributed by atoms with Crippen molar-refractivity contribution in [2.24, 2.45) is 0 Å². The number of hydrogen-bond donors (Lipinski definition) is 1. The van der Waals surface area contributed by atoms with Gasteiger partial charge >= 0.3 is 5.97 Å². The van der Waals surface area contributed by atoms with Gasteiger partial charge in [-0.15, -0.1) is 0 Å². The van der Waals surface area contributed by atoms with Crippen LogP contribution >= 0.6 is 11.6 Å². The van der Waals surface area contributed by atoms with E-state index in [9.17, 15) is 9.59 Å². The van der Waals surface area contributed by atoms with E-state index in [1.165, 1.54) is 0 Å². The monoisotopic (exact) mass is 324 g/mol. The molecule has 1 heterocycles. The highest BCUT2D eigenvalue weighted by Gasteiger charge is 2.23. The molecule has 22 heavy (non-hydrogen) atoms. The van der Waals surface area contributed by atoms with E-state index in [0.29, 0.717) is 31.1 Å². The molecule has 1 aromatic rings. The van der Waals surface area contributed by atoms with Crippen LogP contribution in [0.15, 0.2) is 24.3 Å². The van der Waals surface area contributed by atoms with Crippen molar-refractivity contribution in [2.75, 3.05) is 26.2 Å². The SMILES string of the molecule is O=C(O)CCCCN1CCN(Cc2cccc(Cl)c2)C(=O)C1. The van der Waals surface area contributed by atoms with E-state index in [1.54, 1.807) is 0 Å². The fourth-order valence-corrected chi connectivity index (χ4v) is 2.80. The molecule has 5 nitrogen and oxygen atoms in total. The third kappa shape index (κ3) is 5.31. The van der Waals surface area contributed by atoms with Crippen LogP contribution in [0.2, 0.25) is 5.02 Å². The third-order valence-electron chi connectivity index (χ3n) is 3.78. The summed E-state index contributed by atoms with van der Waals surface area (Å²) >= 11 is 5.96. The second-order valence-electron chi connectivity index (χ2n) is 5.57. The number of amides is 1. The molecule has 0 saturated carbocycles. The maximum Gasteiger partial charge on any atom is 0.303 e. The van der Waals surface area contributed by atoms with Crippen molar-refractivity contribution < 1.29 is 14.7 Å². The number of hydrogen-bond acceptors (Lipinski definition) is 3. The van der Waals surface area contributed by atoms with Gasteiger partial charge in [0.15, 0.2) is 0 Å². The van der Waals surface area contributed by atoms with Gasteiger partial charge in [0.1, 0.15) is 0 Å². The first-order valence-corrected chi connectivity index (χ1v) is 7.89. The molecule has 1 saturated heterocycles. The first-order chi connectivity index (χ1) is 10.5. The van der Waals surface area contributed by atoms with Gasteiger partial charge in [-0.2, -0.15) is 0 Å². The van der Waals surface area contributed by atoms with Crippen LogP contribution in [0.4, 0.5) is 0 Å². The van der Waals surface area contributed by atoms with Crippen LogP contribution in [-0.2, 0) is 16.1 Å². The molecule has 120 valence electrons. The molecule has 0 spiro atoms. The summed E-state index contributed by atoms with van der Waals surface area (Å²) in [6, 6.07) is 7.56. The zero-order valence-corrected chi connectivity index (χ0v) is 13.3. The maximum absolute atomic E-state index is 12.2. The fourth-order valence-electron chi connectivity index (χ4n) is 2.58. The molecule has 1 fully saturated rings. The smallest absolute Gasteiger partial charge is 0.303 e. The van der Waals surface area contributed by atoms with Crippen LogP contribution in [-0.4, -0.2) is 53.0 Å². The lowest BCUT2D eigenvalue weighted by Crippen LogP contribution is -2.50. The van der Waals surface area contributed by atoms with Crippen molar-refractivity contribution in [3.63, 3.8) is 0 Å². The quantitative estimate of drug-likeness (QED) is 0.781. The summed E-state index contributed by atoms with van der Waals surface area (Å²) in [5, 5.41) is 9.29. The Hall–Kier alpha value is -1.59. The van der Waals surface area contributed by atoms with Gasteiger partial charge in [0.05, 0.1) is 6.54 Å². The van der Waals surface area contributed by atoms with Crippen LogP contribution < -0.4 is 0 Å². The Morgan fingerprint density at radius 2 is 2.09 bits per heavy atom. The number of piperazine rings is 1. The lowest BCUT2D eigenvalue weighted by molar-refractivity contribution is -0.138. The highest BCUT2D eigenvalue weighted by molar-refractivity contribution is 6.30. The largest absolute Gasteiger partial charge is 0.481 e. The second kappa shape index (κ2) is 8.15. The molecule has 6 heteroatoms. The summed E-state index contributed by atoms with van der Waals surface area (Å²) in [7, 11) is 0. The zero-order chi connectivity index (χ0) is 15.9. The number of carbonyl (C=O) groups is 2. The van der Waals surface area contributed by atoms with Gasteiger partial charge in [0.2, 0.25) is 5.91 Å². The Morgan fingerprint density at radius 1 is 1.27 bits per heavy atom. The molecular formula is C16H21ClN2O3. The van der Waals surface area contributed by atoms with Crippen molar-refractivity contribution in [3.8, 4) is 0 Å². The van der Waals surface area contributed by atoms with E-state index < -0.39 is 5.97 Å². The summed E-state index contributed by atoms with van der Waals surface area (Å²) in [4.78, 5) is 26.6. The predicted molar refractivity (Wildman–Crippen MR) is 84.8 cm³/mol. The van der Waals surface area contributed by atoms with Crippen LogP contribution in [0.25, 0.3) is 0 Å². The third-order valence-corrected chi connectivity index (χ3v) is 4.01. The predicted octanol–water partition coefficient (Wildman–Crippen LogP) is 2.24. The number of carboxylic acids is 1. The van der Waals surface area contributed by atoms with E-state index in [1.807, 2.05) is 29.2 Å². The molecule has 1 N–H and O–H groups in total. The van der Waals surface area contributed by atoms with E-state index >= 15 is 0 Å². The number of unbranched alkanes of at least 4 members (excludes halogenated alkanes) is 1. The van der Waals surface area contributed by atoms with Crippen molar-refractivity contribution in [1.82, 2.24) is 9.80 Å². The number of benzene rings is 1. The molecule has 0 unspecified atom stereocenters. The molecule has 0 atom stereocenters. The van der Waals surface area contributed by atoms with Gasteiger partial charge in [0.25, 0.3) is 0 Å². The molecule has 0 aliphatic carbocycles. The lowest BCUT2D eigenvalue weighted by Gasteiger charge is -2.34. The number of aliphatic carboxylic acids is 1. The number of carbonyl (C=O) groups excluding carboxylic acids is 1. The van der Waals surface area contributed by atoms with Crippen molar-refractivity contribution >= 4 is 23.5 Å². The molecule has 0 radical (unpaired) electrons. The highest BCUT2D eigenvalue weighted by atomic mass is 35.5. The fraction of sp³-hybridized carbons (Fsp3) is 0.500. The summed E-state index contributed by atoms with van der Waals surface area (Å²) in [5.74, 6) is -0.646. The van der Waals surface area contributed by atoms with Gasteiger partial charge in [-0.25, -0.2) is 0 Å². The van der Waals surface area contributed by atoms with Gasteiger partial charge in [-0.05, 0) is 37.1 Å². The second-order valence-corrected chi connectivity index (χ2v) is 6.01. The summed E-state index contributed by atoms with van der Waals surface area (Å²) in [6.45, 7) is 3.31. The molecule has 1 aliphatic heterocycles. The van der Waals surface area contributed by atoms with Gasteiger partial charge in [-0.3, -0.25) is 14.5 Å². The molecule has 1 aliphatic rings. The minimum absolute atomic E-state index is 0.115. The Labute approximate surface area is 135 Å². The Bertz CT molecular complexity index is 536. The lowest BCUT2D eigenvalue weighted by atomic mass is 10.2. The normalized spacial score (nSPS) is 16.0. The van der Waals surface area contributed by atoms with E-state index in [4.69, 9.17) is 16.7 Å². The minimum Gasteiger partial charge on any atom is -0.481 e. The Kier molecular flexibility index (Phi) is 6.21. The average molecular weight is 325 g/mol. The first-order valence-electron chi connectivity index (χ1n) is 7.51. The Morgan fingerprint density at radius 3 is 2.77 bits per heavy atom. The van der Waals surface area contributed by atoms with Gasteiger partial charge in [0, 0.05) is 31.1 Å². The zero-order valence-electron chi connectivity index (χ0n) is 12.5. The number of carboxylic acid groups (broad SMARTS) is 1. The number of rotatable bonds is 7. The summed E-state index contributed by atoms with van der Waals surface area (Å²) in [5.41, 5.74) is 1.04. The Balaban J connectivity index is 1.75. The van der Waals surface area contributed by atoms with E-state index in [-0.39, 0.29) is 12.3 Å². The van der Waals surface area contributed by atoms with Crippen molar-refractivity contribution in [2.45, 2.75) is 25.8 Å². The summed E-state index contributed by atoms with van der Waals surface area (Å²) in [6.07, 6.45) is 1.67. The first kappa shape index (κ1) is 16.8. The average Bonchev–Trinajstić information content (AvgIpc) is 2.46. The minimum atomic E-state index is -0.762. The van der Waals surface area contributed by atoms with Crippen LogP contribution in [0.3, 0.4) is 0 Å². The van der Waals surface area contributed by atoms with Crippen molar-refractivity contribution in [3.05, 3.63) is 34.9 Å². The molecule has 0 bridgehead atoms. The van der Waals surface area contributed by atoms with Gasteiger partial charge in [-0.1, -0.05) is 23.7 Å². The summed E-state index contributed by atoms with van der Waals surface area (Å²) < 4.78 is 0. The molecule has 1 amide bonds. The topological polar surface area (TPSA) is 60.9 Å². The molecule has 1 aromatic carbocycles. The van der Waals surface area contributed by atoms with Crippen LogP contribution in [0.1, 0.15) is 24.8 Å². The van der Waals surface area contributed by atoms with Crippen LogP contribution in [0, 0.1) is 0 Å². The van der Waals surface area contributed by atoms with Gasteiger partial charge < -0.3 is 10.0 Å². The van der Waals surface area contributed by atoms with Crippen molar-refractivity contribution in [1.29, 1.82) is 0 Å². The van der Waals surface area contributed by atoms with Crippen LogP contribution in [0.5, 0.6) is 0 Å². The standard InChI is InChI=1S/C16H21ClN2O3/c17-14-5-3-4-13(10-14)11-19-9-8-18(12-15(19)20)7-2-1-6-16(21)22/h3-5,10H,1-2,6-9,11-12H2,(H,21,22). The number of nitrogens with zero attached hydrogens (tertiary/aromatic N) is 2. The molecule has 0 aromatic heterocycles. The van der Waals surface area contributed by atoms with E-state index in [0.717, 1.165) is 25.1 Å². The maximum atomic E-state index is 12.2. The molecular weight excluding hydrogens is 304 g/mol.